The van der Waals surface area contributed by atoms with E-state index in [1.807, 2.05) is 0 Å². The van der Waals surface area contributed by atoms with Gasteiger partial charge in [0.2, 0.25) is 0 Å². The molecule has 0 heterocycles. The lowest BCUT2D eigenvalue weighted by Crippen LogP contribution is -2.57. The molecule has 0 amide bonds. The van der Waals surface area contributed by atoms with Crippen LogP contribution in [0.2, 0.25) is 0 Å². The van der Waals surface area contributed by atoms with Crippen LogP contribution in [0.5, 0.6) is 0 Å². The maximum Gasteiger partial charge on any atom is 0.0720 e. The number of nitrogens with two attached hydrogens (primary N) is 1. The summed E-state index contributed by atoms with van der Waals surface area (Å²) in [6.45, 7) is 7.55. The summed E-state index contributed by atoms with van der Waals surface area (Å²) in [5, 5.41) is 11.4. The van der Waals surface area contributed by atoms with Crippen LogP contribution in [-0.2, 0) is 0 Å². The molecule has 0 bridgehead atoms. The fourth-order valence-electron chi connectivity index (χ4n) is 5.31. The number of rotatable bonds is 4. The smallest absolute Gasteiger partial charge is 0.0720 e. The SMILES string of the molecule is CCCC1CCC(CN)(C2(O)CC(C)CC(C)C2)CC1. The second-order valence-corrected chi connectivity index (χ2v) is 8.10. The van der Waals surface area contributed by atoms with Gasteiger partial charge in [-0.25, -0.2) is 0 Å². The molecule has 0 aromatic rings. The first-order valence-electron chi connectivity index (χ1n) is 8.87. The Hall–Kier alpha value is -0.0800. The van der Waals surface area contributed by atoms with Crippen LogP contribution in [0.1, 0.15) is 78.6 Å². The van der Waals surface area contributed by atoms with Crippen LogP contribution < -0.4 is 5.73 Å². The quantitative estimate of drug-likeness (QED) is 0.814. The summed E-state index contributed by atoms with van der Waals surface area (Å²) in [5.74, 6) is 2.16. The Bertz CT molecular complexity index is 297. The maximum absolute atomic E-state index is 11.4. The lowest BCUT2D eigenvalue weighted by Gasteiger charge is -2.54. The maximum atomic E-state index is 11.4. The topological polar surface area (TPSA) is 46.2 Å². The third kappa shape index (κ3) is 3.06. The van der Waals surface area contributed by atoms with Crippen molar-refractivity contribution >= 4 is 0 Å². The zero-order valence-corrected chi connectivity index (χ0v) is 13.8. The Balaban J connectivity index is 2.10. The lowest BCUT2D eigenvalue weighted by molar-refractivity contribution is -0.145. The summed E-state index contributed by atoms with van der Waals surface area (Å²) in [7, 11) is 0. The minimum Gasteiger partial charge on any atom is -0.389 e. The largest absolute Gasteiger partial charge is 0.389 e. The van der Waals surface area contributed by atoms with Crippen molar-refractivity contribution in [3.63, 3.8) is 0 Å². The predicted octanol–water partition coefficient (Wildman–Crippen LogP) is 4.11. The first kappa shape index (κ1) is 16.3. The molecule has 2 rings (SSSR count). The van der Waals surface area contributed by atoms with Crippen LogP contribution in [0.3, 0.4) is 0 Å². The van der Waals surface area contributed by atoms with Crippen molar-refractivity contribution in [1.29, 1.82) is 0 Å². The fourth-order valence-corrected chi connectivity index (χ4v) is 5.31. The molecule has 0 aromatic carbocycles. The van der Waals surface area contributed by atoms with E-state index in [1.54, 1.807) is 0 Å². The molecule has 2 fully saturated rings. The second-order valence-electron chi connectivity index (χ2n) is 8.10. The molecule has 20 heavy (non-hydrogen) atoms. The van der Waals surface area contributed by atoms with E-state index in [2.05, 4.69) is 20.8 Å². The molecule has 2 unspecified atom stereocenters. The molecule has 0 saturated heterocycles. The Labute approximate surface area is 125 Å². The first-order chi connectivity index (χ1) is 9.44. The minimum absolute atomic E-state index is 0.000180. The Morgan fingerprint density at radius 1 is 1.10 bits per heavy atom. The Morgan fingerprint density at radius 3 is 2.10 bits per heavy atom. The normalized spacial score (nSPS) is 46.4. The van der Waals surface area contributed by atoms with Gasteiger partial charge in [-0.15, -0.1) is 0 Å². The van der Waals surface area contributed by atoms with Gasteiger partial charge in [-0.05, 0) is 62.7 Å². The summed E-state index contributed by atoms with van der Waals surface area (Å²) in [6.07, 6.45) is 10.7. The molecule has 0 radical (unpaired) electrons. The Morgan fingerprint density at radius 2 is 1.65 bits per heavy atom. The number of hydrogen-bond donors (Lipinski definition) is 2. The average molecular weight is 281 g/mol. The van der Waals surface area contributed by atoms with Gasteiger partial charge in [-0.2, -0.15) is 0 Å². The van der Waals surface area contributed by atoms with E-state index in [9.17, 15) is 5.11 Å². The summed E-state index contributed by atoms with van der Waals surface area (Å²) < 4.78 is 0. The van der Waals surface area contributed by atoms with Gasteiger partial charge < -0.3 is 10.8 Å². The second kappa shape index (κ2) is 6.36. The molecule has 2 aliphatic rings. The molecule has 118 valence electrons. The van der Waals surface area contributed by atoms with Crippen molar-refractivity contribution in [2.75, 3.05) is 6.54 Å². The molecule has 3 N–H and O–H groups in total. The first-order valence-corrected chi connectivity index (χ1v) is 8.87. The molecular formula is C18H35NO. The molecule has 2 heteroatoms. The molecule has 0 aliphatic heterocycles. The predicted molar refractivity (Wildman–Crippen MR) is 85.5 cm³/mol. The van der Waals surface area contributed by atoms with Crippen LogP contribution in [0.25, 0.3) is 0 Å². The lowest BCUT2D eigenvalue weighted by atomic mass is 9.54. The number of aliphatic hydroxyl groups is 1. The van der Waals surface area contributed by atoms with Crippen molar-refractivity contribution in [3.8, 4) is 0 Å². The molecule has 2 nitrogen and oxygen atoms in total. The Kier molecular flexibility index (Phi) is 5.18. The molecule has 2 saturated carbocycles. The molecule has 0 aromatic heterocycles. The van der Waals surface area contributed by atoms with E-state index in [0.29, 0.717) is 18.4 Å². The van der Waals surface area contributed by atoms with Gasteiger partial charge in [0.1, 0.15) is 0 Å². The monoisotopic (exact) mass is 281 g/mol. The van der Waals surface area contributed by atoms with Crippen molar-refractivity contribution < 1.29 is 5.11 Å². The number of hydrogen-bond acceptors (Lipinski definition) is 2. The molecule has 0 spiro atoms. The summed E-state index contributed by atoms with van der Waals surface area (Å²) >= 11 is 0. The highest BCUT2D eigenvalue weighted by atomic mass is 16.3. The van der Waals surface area contributed by atoms with Crippen LogP contribution in [0.15, 0.2) is 0 Å². The van der Waals surface area contributed by atoms with Crippen molar-refractivity contribution in [2.24, 2.45) is 28.9 Å². The standard InChI is InChI=1S/C18H35NO/c1-4-5-16-6-8-17(13-19,9-7-16)18(20)11-14(2)10-15(3)12-18/h14-16,20H,4-13,19H2,1-3H3. The average Bonchev–Trinajstić information content (AvgIpc) is 2.38. The van der Waals surface area contributed by atoms with Crippen LogP contribution in [0, 0.1) is 23.2 Å². The van der Waals surface area contributed by atoms with E-state index >= 15 is 0 Å². The summed E-state index contributed by atoms with van der Waals surface area (Å²) in [5.41, 5.74) is 5.70. The summed E-state index contributed by atoms with van der Waals surface area (Å²) in [4.78, 5) is 0. The highest BCUT2D eigenvalue weighted by molar-refractivity contribution is 5.05. The minimum atomic E-state index is -0.504. The van der Waals surface area contributed by atoms with Gasteiger partial charge in [0.25, 0.3) is 0 Å². The van der Waals surface area contributed by atoms with E-state index in [0.717, 1.165) is 31.6 Å². The summed E-state index contributed by atoms with van der Waals surface area (Å²) in [6, 6.07) is 0. The van der Waals surface area contributed by atoms with E-state index < -0.39 is 5.60 Å². The van der Waals surface area contributed by atoms with Crippen LogP contribution >= 0.6 is 0 Å². The van der Waals surface area contributed by atoms with Gasteiger partial charge in [0.15, 0.2) is 0 Å². The van der Waals surface area contributed by atoms with Crippen molar-refractivity contribution in [1.82, 2.24) is 0 Å². The van der Waals surface area contributed by atoms with Crippen molar-refractivity contribution in [3.05, 3.63) is 0 Å². The fraction of sp³-hybridized carbons (Fsp3) is 1.00. The van der Waals surface area contributed by atoms with Crippen molar-refractivity contribution in [2.45, 2.75) is 84.2 Å². The van der Waals surface area contributed by atoms with Gasteiger partial charge in [-0.3, -0.25) is 0 Å². The molecular weight excluding hydrogens is 246 g/mol. The van der Waals surface area contributed by atoms with Gasteiger partial charge >= 0.3 is 0 Å². The van der Waals surface area contributed by atoms with Gasteiger partial charge in [0.05, 0.1) is 5.60 Å². The van der Waals surface area contributed by atoms with Crippen LogP contribution in [-0.4, -0.2) is 17.3 Å². The van der Waals surface area contributed by atoms with E-state index in [1.165, 1.54) is 32.1 Å². The van der Waals surface area contributed by atoms with Crippen LogP contribution in [0.4, 0.5) is 0 Å². The molecule has 2 atom stereocenters. The van der Waals surface area contributed by atoms with E-state index in [-0.39, 0.29) is 5.41 Å². The third-order valence-electron chi connectivity index (χ3n) is 6.31. The zero-order valence-electron chi connectivity index (χ0n) is 13.8. The van der Waals surface area contributed by atoms with Gasteiger partial charge in [0, 0.05) is 12.0 Å². The van der Waals surface area contributed by atoms with E-state index in [4.69, 9.17) is 5.73 Å². The zero-order chi connectivity index (χ0) is 14.8. The highest BCUT2D eigenvalue weighted by Crippen LogP contribution is 2.53. The van der Waals surface area contributed by atoms with Gasteiger partial charge in [-0.1, -0.05) is 33.6 Å². The molecule has 2 aliphatic carbocycles. The third-order valence-corrected chi connectivity index (χ3v) is 6.31. The highest BCUT2D eigenvalue weighted by Gasteiger charge is 2.52.